The summed E-state index contributed by atoms with van der Waals surface area (Å²) in [4.78, 5) is 12.4. The van der Waals surface area contributed by atoms with E-state index in [2.05, 4.69) is 20.7 Å². The topological polar surface area (TPSA) is 88.6 Å². The molecule has 0 saturated carbocycles. The van der Waals surface area contributed by atoms with Crippen molar-refractivity contribution < 1.29 is 14.3 Å². The number of H-pyrrole nitrogens is 1. The summed E-state index contributed by atoms with van der Waals surface area (Å²) >= 11 is 0. The van der Waals surface area contributed by atoms with Crippen LogP contribution in [-0.2, 0) is 0 Å². The highest BCUT2D eigenvalue weighted by molar-refractivity contribution is 6.00. The number of ether oxygens (including phenoxy) is 2. The van der Waals surface area contributed by atoms with Crippen molar-refractivity contribution in [1.29, 1.82) is 0 Å². The van der Waals surface area contributed by atoms with E-state index < -0.39 is 0 Å². The van der Waals surface area contributed by atoms with Crippen LogP contribution < -0.4 is 14.9 Å². The van der Waals surface area contributed by atoms with Gasteiger partial charge in [-0.3, -0.25) is 9.89 Å². The minimum absolute atomic E-state index is 0.324. The number of hydrogen-bond acceptors (Lipinski definition) is 5. The van der Waals surface area contributed by atoms with Gasteiger partial charge < -0.3 is 9.47 Å². The summed E-state index contributed by atoms with van der Waals surface area (Å²) in [5, 5.41) is 11.1. The van der Waals surface area contributed by atoms with Gasteiger partial charge in [0.25, 0.3) is 5.91 Å². The Labute approximate surface area is 169 Å². The zero-order valence-corrected chi connectivity index (χ0v) is 16.7. The van der Waals surface area contributed by atoms with Crippen molar-refractivity contribution in [3.63, 3.8) is 0 Å². The van der Waals surface area contributed by atoms with E-state index in [4.69, 9.17) is 9.47 Å². The van der Waals surface area contributed by atoms with Gasteiger partial charge in [-0.2, -0.15) is 10.2 Å². The molecule has 3 rings (SSSR count). The van der Waals surface area contributed by atoms with Crippen LogP contribution in [0.3, 0.4) is 0 Å². The zero-order chi connectivity index (χ0) is 20.6. The summed E-state index contributed by atoms with van der Waals surface area (Å²) < 4.78 is 10.9. The fourth-order valence-corrected chi connectivity index (χ4v) is 2.72. The second-order valence-electron chi connectivity index (χ2n) is 6.22. The van der Waals surface area contributed by atoms with Crippen molar-refractivity contribution in [1.82, 2.24) is 15.6 Å². The maximum absolute atomic E-state index is 12.4. The largest absolute Gasteiger partial charge is 0.494 e. The highest BCUT2D eigenvalue weighted by Crippen LogP contribution is 2.22. The van der Waals surface area contributed by atoms with Crippen LogP contribution in [-0.4, -0.2) is 35.0 Å². The van der Waals surface area contributed by atoms with Crippen LogP contribution >= 0.6 is 0 Å². The van der Waals surface area contributed by atoms with Crippen molar-refractivity contribution >= 4 is 11.6 Å². The van der Waals surface area contributed by atoms with Crippen LogP contribution in [0.15, 0.2) is 59.7 Å². The molecule has 0 saturated heterocycles. The van der Waals surface area contributed by atoms with Gasteiger partial charge in [-0.05, 0) is 68.8 Å². The van der Waals surface area contributed by atoms with Crippen LogP contribution in [0.2, 0.25) is 0 Å². The molecule has 2 N–H and O–H groups in total. The first-order valence-electron chi connectivity index (χ1n) is 9.47. The van der Waals surface area contributed by atoms with Crippen molar-refractivity contribution in [3.05, 3.63) is 65.9 Å². The third-order valence-corrected chi connectivity index (χ3v) is 4.17. The number of nitrogens with one attached hydrogen (secondary N) is 2. The fourth-order valence-electron chi connectivity index (χ4n) is 2.72. The fraction of sp³-hybridized carbons (Fsp3) is 0.227. The van der Waals surface area contributed by atoms with Gasteiger partial charge in [-0.1, -0.05) is 12.1 Å². The zero-order valence-electron chi connectivity index (χ0n) is 16.7. The summed E-state index contributed by atoms with van der Waals surface area (Å²) in [5.41, 5.74) is 5.98. The van der Waals surface area contributed by atoms with E-state index >= 15 is 0 Å². The summed E-state index contributed by atoms with van der Waals surface area (Å²) in [5.74, 6) is 1.19. The molecule has 0 fully saturated rings. The predicted molar refractivity (Wildman–Crippen MR) is 112 cm³/mol. The number of carbonyl (C=O) groups excluding carboxylic acids is 1. The maximum atomic E-state index is 12.4. The van der Waals surface area contributed by atoms with Gasteiger partial charge in [0.1, 0.15) is 17.2 Å². The standard InChI is InChI=1S/C22H24N4O3/c1-4-28-18-11-9-16(10-12-18)15(3)23-26-22(27)21-14-20(24-25-21)17-7-6-8-19(13-17)29-5-2/h6-14H,4-5H2,1-3H3,(H,24,25)(H,26,27)/b23-15-. The Morgan fingerprint density at radius 3 is 2.48 bits per heavy atom. The molecule has 1 aromatic heterocycles. The molecule has 0 unspecified atom stereocenters. The van der Waals surface area contributed by atoms with Crippen molar-refractivity contribution in [2.24, 2.45) is 5.10 Å². The molecule has 0 radical (unpaired) electrons. The smallest absolute Gasteiger partial charge is 0.289 e. The molecule has 0 aliphatic carbocycles. The molecule has 1 amide bonds. The van der Waals surface area contributed by atoms with Gasteiger partial charge in [0.05, 0.1) is 24.6 Å². The molecule has 150 valence electrons. The lowest BCUT2D eigenvalue weighted by Crippen LogP contribution is -2.19. The van der Waals surface area contributed by atoms with Gasteiger partial charge in [-0.15, -0.1) is 0 Å². The third kappa shape index (κ3) is 5.22. The molecule has 7 nitrogen and oxygen atoms in total. The molecular formula is C22H24N4O3. The van der Waals surface area contributed by atoms with E-state index in [-0.39, 0.29) is 5.91 Å². The predicted octanol–water partition coefficient (Wildman–Crippen LogP) is 4.03. The molecular weight excluding hydrogens is 368 g/mol. The van der Waals surface area contributed by atoms with Crippen LogP contribution in [0.25, 0.3) is 11.3 Å². The summed E-state index contributed by atoms with van der Waals surface area (Å²) in [6.45, 7) is 6.90. The van der Waals surface area contributed by atoms with Crippen molar-refractivity contribution in [3.8, 4) is 22.8 Å². The van der Waals surface area contributed by atoms with Gasteiger partial charge in [0, 0.05) is 5.56 Å². The Kier molecular flexibility index (Phi) is 6.63. The second kappa shape index (κ2) is 9.54. The van der Waals surface area contributed by atoms with E-state index in [1.54, 1.807) is 6.07 Å². The Hall–Kier alpha value is -3.61. The average Bonchev–Trinajstić information content (AvgIpc) is 3.23. The maximum Gasteiger partial charge on any atom is 0.289 e. The Morgan fingerprint density at radius 2 is 1.76 bits per heavy atom. The molecule has 2 aromatic carbocycles. The molecule has 1 heterocycles. The lowest BCUT2D eigenvalue weighted by molar-refractivity contribution is 0.0950. The van der Waals surface area contributed by atoms with Gasteiger partial charge >= 0.3 is 0 Å². The number of aromatic amines is 1. The summed E-state index contributed by atoms with van der Waals surface area (Å²) in [6, 6.07) is 16.8. The number of carbonyl (C=O) groups is 1. The van der Waals surface area contributed by atoms with E-state index in [1.165, 1.54) is 0 Å². The molecule has 0 aliphatic rings. The highest BCUT2D eigenvalue weighted by atomic mass is 16.5. The van der Waals surface area contributed by atoms with Gasteiger partial charge in [-0.25, -0.2) is 5.43 Å². The van der Waals surface area contributed by atoms with Gasteiger partial charge in [0.15, 0.2) is 0 Å². The molecule has 3 aromatic rings. The van der Waals surface area contributed by atoms with E-state index in [0.29, 0.717) is 30.3 Å². The molecule has 0 aliphatic heterocycles. The van der Waals surface area contributed by atoms with Crippen LogP contribution in [0, 0.1) is 0 Å². The van der Waals surface area contributed by atoms with Crippen LogP contribution in [0.5, 0.6) is 11.5 Å². The van der Waals surface area contributed by atoms with Gasteiger partial charge in [0.2, 0.25) is 0 Å². The minimum Gasteiger partial charge on any atom is -0.494 e. The minimum atomic E-state index is -0.366. The Morgan fingerprint density at radius 1 is 1.03 bits per heavy atom. The molecule has 0 spiro atoms. The Balaban J connectivity index is 1.67. The molecule has 0 atom stereocenters. The first-order valence-corrected chi connectivity index (χ1v) is 9.47. The van der Waals surface area contributed by atoms with E-state index in [1.807, 2.05) is 69.3 Å². The molecule has 29 heavy (non-hydrogen) atoms. The highest BCUT2D eigenvalue weighted by Gasteiger charge is 2.11. The van der Waals surface area contributed by atoms with Crippen LogP contribution in [0.1, 0.15) is 36.8 Å². The lowest BCUT2D eigenvalue weighted by atomic mass is 10.1. The molecule has 7 heteroatoms. The Bertz CT molecular complexity index is 993. The van der Waals surface area contributed by atoms with Crippen molar-refractivity contribution in [2.75, 3.05) is 13.2 Å². The lowest BCUT2D eigenvalue weighted by Gasteiger charge is -2.05. The molecule has 0 bridgehead atoms. The first kappa shape index (κ1) is 20.1. The third-order valence-electron chi connectivity index (χ3n) is 4.17. The number of nitrogens with zero attached hydrogens (tertiary/aromatic N) is 2. The van der Waals surface area contributed by atoms with E-state index in [0.717, 1.165) is 22.6 Å². The SMILES string of the molecule is CCOc1ccc(/C(C)=N\NC(=O)c2cc(-c3cccc(OCC)c3)n[nH]2)cc1. The quantitative estimate of drug-likeness (QED) is 0.447. The number of amides is 1. The van der Waals surface area contributed by atoms with E-state index in [9.17, 15) is 4.79 Å². The number of aromatic nitrogens is 2. The monoisotopic (exact) mass is 392 g/mol. The number of benzene rings is 2. The summed E-state index contributed by atoms with van der Waals surface area (Å²) in [7, 11) is 0. The number of hydrazone groups is 1. The second-order valence-corrected chi connectivity index (χ2v) is 6.22. The number of rotatable bonds is 8. The average molecular weight is 392 g/mol. The normalized spacial score (nSPS) is 11.2. The number of hydrogen-bond donors (Lipinski definition) is 2. The first-order chi connectivity index (χ1) is 14.1. The summed E-state index contributed by atoms with van der Waals surface area (Å²) in [6.07, 6.45) is 0. The van der Waals surface area contributed by atoms with Crippen molar-refractivity contribution in [2.45, 2.75) is 20.8 Å². The van der Waals surface area contributed by atoms with Crippen LogP contribution in [0.4, 0.5) is 0 Å².